The van der Waals surface area contributed by atoms with Crippen LogP contribution in [0, 0.1) is 5.92 Å². The summed E-state index contributed by atoms with van der Waals surface area (Å²) in [5.74, 6) is 1.13. The molecule has 260 valence electrons. The number of nitrogens with zero attached hydrogens (tertiary/aromatic N) is 2. The van der Waals surface area contributed by atoms with Gasteiger partial charge < -0.3 is 9.47 Å². The third-order valence-electron chi connectivity index (χ3n) is 8.01. The van der Waals surface area contributed by atoms with Crippen LogP contribution in [-0.4, -0.2) is 58.7 Å². The van der Waals surface area contributed by atoms with Crippen LogP contribution in [0.3, 0.4) is 0 Å². The fraction of sp³-hybridized carbons (Fsp3) is 0.471. The van der Waals surface area contributed by atoms with Crippen LogP contribution in [-0.2, 0) is 18.1 Å². The summed E-state index contributed by atoms with van der Waals surface area (Å²) in [4.78, 5) is 19.1. The summed E-state index contributed by atoms with van der Waals surface area (Å²) in [6.45, 7) is 14.3. The summed E-state index contributed by atoms with van der Waals surface area (Å²) in [5.41, 5.74) is 2.02. The van der Waals surface area contributed by atoms with E-state index in [9.17, 15) is 9.36 Å². The number of hydrogen-bond donors (Lipinski definition) is 0. The van der Waals surface area contributed by atoms with Crippen molar-refractivity contribution >= 4 is 57.1 Å². The van der Waals surface area contributed by atoms with E-state index < -0.39 is 30.1 Å². The molecule has 0 N–H and O–H groups in total. The molecular formula is C34H46ClN2O7PSSi2. The summed E-state index contributed by atoms with van der Waals surface area (Å²) in [5, 5.41) is 0.654. The van der Waals surface area contributed by atoms with E-state index in [1.807, 2.05) is 30.3 Å². The predicted molar refractivity (Wildman–Crippen MR) is 201 cm³/mol. The van der Waals surface area contributed by atoms with Gasteiger partial charge in [-0.3, -0.25) is 22.9 Å². The molecule has 1 aliphatic rings. The van der Waals surface area contributed by atoms with E-state index in [4.69, 9.17) is 34.6 Å². The van der Waals surface area contributed by atoms with Crippen LogP contribution in [0.4, 0.5) is 0 Å². The Labute approximate surface area is 294 Å². The standard InChI is InChI=1S/C34H46ClN2O7PSSi2/c1-40-30-20-27(37-23-36-28-21-32(46-33(28)34(37)38)25-10-12-26(35)13-11-25)14-15-29(30)41-22-31(24-8-9-24)44-45(39,42-16-18-47(2,3)4)43-17-19-48(5,6)7/h10-15,20-21,23-24,31H,8-9,16-19,22H2,1-7H3/t31-/m0/s1. The summed E-state index contributed by atoms with van der Waals surface area (Å²) < 4.78 is 45.9. The number of fused-ring (bicyclic) bond motifs is 1. The molecule has 2 aromatic heterocycles. The molecule has 0 bridgehead atoms. The van der Waals surface area contributed by atoms with Gasteiger partial charge in [0.05, 0.1) is 31.5 Å². The molecule has 0 aliphatic heterocycles. The maximum atomic E-state index is 13.9. The molecular weight excluding hydrogens is 703 g/mol. The third kappa shape index (κ3) is 10.1. The molecule has 0 saturated heterocycles. The molecule has 4 aromatic rings. The topological polar surface area (TPSA) is 98.1 Å². The lowest BCUT2D eigenvalue weighted by atomic mass is 10.2. The number of hydrogen-bond acceptors (Lipinski definition) is 9. The van der Waals surface area contributed by atoms with Gasteiger partial charge in [0, 0.05) is 32.1 Å². The first-order valence-corrected chi connectivity index (χ1v) is 26.4. The highest BCUT2D eigenvalue weighted by Crippen LogP contribution is 2.54. The van der Waals surface area contributed by atoms with Crippen molar-refractivity contribution in [2.24, 2.45) is 5.92 Å². The van der Waals surface area contributed by atoms with Crippen LogP contribution >= 0.6 is 30.8 Å². The van der Waals surface area contributed by atoms with Crippen LogP contribution in [0.2, 0.25) is 56.4 Å². The van der Waals surface area contributed by atoms with Crippen molar-refractivity contribution in [2.45, 2.75) is 70.3 Å². The Balaban J connectivity index is 1.31. The number of benzene rings is 2. The minimum Gasteiger partial charge on any atom is -0.493 e. The molecule has 48 heavy (non-hydrogen) atoms. The van der Waals surface area contributed by atoms with Crippen molar-refractivity contribution in [3.8, 4) is 27.6 Å². The Bertz CT molecular complexity index is 1790. The van der Waals surface area contributed by atoms with Gasteiger partial charge in [-0.15, -0.1) is 11.3 Å². The first-order chi connectivity index (χ1) is 22.6. The van der Waals surface area contributed by atoms with Gasteiger partial charge in [-0.05, 0) is 66.7 Å². The number of aromatic nitrogens is 2. The highest BCUT2D eigenvalue weighted by Gasteiger charge is 2.40. The number of ether oxygens (including phenoxy) is 2. The molecule has 1 aliphatic carbocycles. The molecule has 5 rings (SSSR count). The smallest absolute Gasteiger partial charge is 0.475 e. The van der Waals surface area contributed by atoms with Gasteiger partial charge in [-0.2, -0.15) is 0 Å². The number of phosphoric acid groups is 1. The monoisotopic (exact) mass is 748 g/mol. The molecule has 0 spiro atoms. The molecule has 14 heteroatoms. The van der Waals surface area contributed by atoms with Crippen LogP contribution in [0.25, 0.3) is 26.3 Å². The fourth-order valence-electron chi connectivity index (χ4n) is 4.86. The second kappa shape index (κ2) is 15.3. The zero-order valence-electron chi connectivity index (χ0n) is 28.8. The van der Waals surface area contributed by atoms with Gasteiger partial charge in [-0.1, -0.05) is 63.0 Å². The summed E-state index contributed by atoms with van der Waals surface area (Å²) in [6, 6.07) is 16.4. The van der Waals surface area contributed by atoms with Gasteiger partial charge in [-0.25, -0.2) is 9.55 Å². The molecule has 0 unspecified atom stereocenters. The minimum absolute atomic E-state index is 0.148. The van der Waals surface area contributed by atoms with Crippen molar-refractivity contribution in [3.05, 3.63) is 70.2 Å². The highest BCUT2D eigenvalue weighted by atomic mass is 35.5. The Morgan fingerprint density at radius 2 is 1.60 bits per heavy atom. The first-order valence-electron chi connectivity index (χ1n) is 16.3. The number of methoxy groups -OCH3 is 1. The molecule has 2 aromatic carbocycles. The summed E-state index contributed by atoms with van der Waals surface area (Å²) in [6.07, 6.45) is 2.96. The third-order valence-corrected chi connectivity index (χ3v) is 14.4. The summed E-state index contributed by atoms with van der Waals surface area (Å²) >= 11 is 7.45. The van der Waals surface area contributed by atoms with Crippen molar-refractivity contribution < 1.29 is 27.6 Å². The zero-order valence-corrected chi connectivity index (χ0v) is 33.3. The van der Waals surface area contributed by atoms with Gasteiger partial charge in [0.15, 0.2) is 11.5 Å². The minimum atomic E-state index is -3.81. The number of thiophene rings is 1. The Hall–Kier alpha value is -2.29. The molecule has 1 saturated carbocycles. The lowest BCUT2D eigenvalue weighted by Gasteiger charge is -2.26. The van der Waals surface area contributed by atoms with E-state index in [0.717, 1.165) is 35.4 Å². The number of phosphoric ester groups is 1. The van der Waals surface area contributed by atoms with Gasteiger partial charge in [0.1, 0.15) is 23.7 Å². The lowest BCUT2D eigenvalue weighted by molar-refractivity contribution is 0.0468. The van der Waals surface area contributed by atoms with Crippen molar-refractivity contribution in [1.82, 2.24) is 9.55 Å². The SMILES string of the molecule is COc1cc(-n2cnc3cc(-c4ccc(Cl)cc4)sc3c2=O)ccc1OC[C@H](OP(=O)(OCC[Si](C)(C)C)OCC[Si](C)(C)C)C1CC1. The fourth-order valence-corrected chi connectivity index (χ4v) is 9.20. The second-order valence-corrected chi connectivity index (χ2v) is 29.0. The van der Waals surface area contributed by atoms with E-state index in [-0.39, 0.29) is 18.1 Å². The summed E-state index contributed by atoms with van der Waals surface area (Å²) in [7, 11) is -5.09. The maximum Gasteiger partial charge on any atom is 0.475 e. The van der Waals surface area contributed by atoms with Crippen LogP contribution < -0.4 is 15.0 Å². The number of rotatable bonds is 17. The van der Waals surface area contributed by atoms with Gasteiger partial charge in [0.2, 0.25) is 0 Å². The van der Waals surface area contributed by atoms with Crippen molar-refractivity contribution in [2.75, 3.05) is 26.9 Å². The van der Waals surface area contributed by atoms with Crippen LogP contribution in [0.5, 0.6) is 11.5 Å². The Morgan fingerprint density at radius 1 is 0.958 bits per heavy atom. The maximum absolute atomic E-state index is 13.9. The van der Waals surface area contributed by atoms with Gasteiger partial charge in [0.25, 0.3) is 5.56 Å². The van der Waals surface area contributed by atoms with Crippen LogP contribution in [0.1, 0.15) is 12.8 Å². The normalized spacial score (nSPS) is 14.8. The number of halogens is 1. The molecule has 9 nitrogen and oxygen atoms in total. The van der Waals surface area contributed by atoms with E-state index in [1.54, 1.807) is 25.3 Å². The average Bonchev–Trinajstić information content (AvgIpc) is 3.76. The van der Waals surface area contributed by atoms with E-state index in [1.165, 1.54) is 22.2 Å². The Kier molecular flexibility index (Phi) is 11.8. The van der Waals surface area contributed by atoms with Crippen LogP contribution in [0.15, 0.2) is 59.7 Å². The highest BCUT2D eigenvalue weighted by molar-refractivity contribution is 7.48. The average molecular weight is 749 g/mol. The van der Waals surface area contributed by atoms with E-state index in [0.29, 0.717) is 45.6 Å². The van der Waals surface area contributed by atoms with E-state index >= 15 is 0 Å². The predicted octanol–water partition coefficient (Wildman–Crippen LogP) is 9.77. The molecule has 1 atom stereocenters. The Morgan fingerprint density at radius 3 is 2.19 bits per heavy atom. The second-order valence-electron chi connectivity index (χ2n) is 14.6. The van der Waals surface area contributed by atoms with E-state index in [2.05, 4.69) is 44.3 Å². The zero-order chi connectivity index (χ0) is 34.7. The largest absolute Gasteiger partial charge is 0.493 e. The molecule has 1 fully saturated rings. The molecule has 0 amide bonds. The van der Waals surface area contributed by atoms with Crippen molar-refractivity contribution in [1.29, 1.82) is 0 Å². The molecule has 2 heterocycles. The quantitative estimate of drug-likeness (QED) is 0.0778. The molecule has 0 radical (unpaired) electrons. The lowest BCUT2D eigenvalue weighted by Crippen LogP contribution is -2.26. The first kappa shape index (κ1) is 37.0. The van der Waals surface area contributed by atoms with Gasteiger partial charge >= 0.3 is 7.82 Å². The van der Waals surface area contributed by atoms with Crippen molar-refractivity contribution in [3.63, 3.8) is 0 Å².